The van der Waals surface area contributed by atoms with Crippen LogP contribution in [0, 0.1) is 5.82 Å². The lowest BCUT2D eigenvalue weighted by Gasteiger charge is -2.37. The van der Waals surface area contributed by atoms with Crippen molar-refractivity contribution in [3.05, 3.63) is 30.1 Å². The number of amides is 1. The number of hydrogen-bond acceptors (Lipinski definition) is 3. The maximum absolute atomic E-state index is 13.4. The monoisotopic (exact) mass is 296 g/mol. The number of nitrogens with one attached hydrogen (secondary N) is 1. The lowest BCUT2D eigenvalue weighted by Crippen LogP contribution is -2.45. The van der Waals surface area contributed by atoms with Crippen molar-refractivity contribution in [2.45, 2.75) is 31.6 Å². The summed E-state index contributed by atoms with van der Waals surface area (Å²) >= 11 is 1.98. The first-order valence-electron chi connectivity index (χ1n) is 6.98. The van der Waals surface area contributed by atoms with Crippen LogP contribution in [0.25, 0.3) is 0 Å². The highest BCUT2D eigenvalue weighted by molar-refractivity contribution is 8.00. The van der Waals surface area contributed by atoms with Crippen molar-refractivity contribution in [3.8, 4) is 0 Å². The fourth-order valence-corrected chi connectivity index (χ4v) is 3.49. The quantitative estimate of drug-likeness (QED) is 0.927. The highest BCUT2D eigenvalue weighted by atomic mass is 32.2. The van der Waals surface area contributed by atoms with Crippen molar-refractivity contribution in [1.29, 1.82) is 0 Å². The van der Waals surface area contributed by atoms with Gasteiger partial charge in [0.05, 0.1) is 5.69 Å². The molecule has 0 radical (unpaired) electrons. The Morgan fingerprint density at radius 2 is 2.20 bits per heavy atom. The van der Waals surface area contributed by atoms with Gasteiger partial charge in [0, 0.05) is 36.6 Å². The van der Waals surface area contributed by atoms with Crippen LogP contribution in [0.1, 0.15) is 20.3 Å². The third-order valence-corrected chi connectivity index (χ3v) is 5.13. The molecule has 1 fully saturated rings. The molecule has 2 unspecified atom stereocenters. The number of halogens is 1. The minimum Gasteiger partial charge on any atom is -0.324 e. The van der Waals surface area contributed by atoms with Crippen LogP contribution in [0.5, 0.6) is 0 Å². The van der Waals surface area contributed by atoms with Crippen molar-refractivity contribution >= 4 is 23.4 Å². The van der Waals surface area contributed by atoms with Crippen molar-refractivity contribution in [2.75, 3.05) is 24.2 Å². The molecule has 0 aromatic heterocycles. The molecule has 20 heavy (non-hydrogen) atoms. The van der Waals surface area contributed by atoms with Crippen molar-refractivity contribution < 1.29 is 9.18 Å². The molecule has 3 nitrogen and oxygen atoms in total. The van der Waals surface area contributed by atoms with Crippen LogP contribution in [-0.4, -0.2) is 40.9 Å². The molecule has 5 heteroatoms. The van der Waals surface area contributed by atoms with Gasteiger partial charge in [-0.05, 0) is 19.1 Å². The van der Waals surface area contributed by atoms with E-state index in [1.807, 2.05) is 11.8 Å². The molecule has 1 aromatic carbocycles. The number of para-hydroxylation sites is 1. The Bertz CT molecular complexity index is 469. The zero-order valence-electron chi connectivity index (χ0n) is 11.9. The third kappa shape index (κ3) is 3.96. The normalized spacial score (nSPS) is 23.6. The van der Waals surface area contributed by atoms with E-state index < -0.39 is 5.82 Å². The molecular formula is C15H21FN2OS. The van der Waals surface area contributed by atoms with Gasteiger partial charge in [0.1, 0.15) is 5.82 Å². The number of carbonyl (C=O) groups is 1. The molecular weight excluding hydrogens is 275 g/mol. The average Bonchev–Trinajstić information content (AvgIpc) is 2.43. The summed E-state index contributed by atoms with van der Waals surface area (Å²) in [6.07, 6.45) is 0.399. The van der Waals surface area contributed by atoms with Gasteiger partial charge in [-0.1, -0.05) is 19.1 Å². The van der Waals surface area contributed by atoms with Gasteiger partial charge in [0.25, 0.3) is 0 Å². The molecule has 1 aliphatic rings. The fraction of sp³-hybridized carbons (Fsp3) is 0.533. The van der Waals surface area contributed by atoms with Crippen LogP contribution in [0.15, 0.2) is 24.3 Å². The molecule has 0 saturated carbocycles. The number of anilines is 1. The Balaban J connectivity index is 1.82. The summed E-state index contributed by atoms with van der Waals surface area (Å²) in [5.74, 6) is 0.589. The average molecular weight is 296 g/mol. The molecule has 1 aromatic rings. The smallest absolute Gasteiger partial charge is 0.225 e. The first-order valence-corrected chi connectivity index (χ1v) is 8.03. The van der Waals surface area contributed by atoms with E-state index in [0.29, 0.717) is 17.7 Å². The van der Waals surface area contributed by atoms with Gasteiger partial charge >= 0.3 is 0 Å². The zero-order valence-corrected chi connectivity index (χ0v) is 12.8. The van der Waals surface area contributed by atoms with E-state index in [-0.39, 0.29) is 11.6 Å². The predicted molar refractivity (Wildman–Crippen MR) is 82.6 cm³/mol. The number of benzene rings is 1. The number of carbonyl (C=O) groups excluding carboxylic acids is 1. The first-order chi connectivity index (χ1) is 9.58. The number of nitrogens with zero attached hydrogens (tertiary/aromatic N) is 1. The molecule has 2 rings (SSSR count). The Morgan fingerprint density at radius 3 is 2.95 bits per heavy atom. The van der Waals surface area contributed by atoms with Crippen LogP contribution in [-0.2, 0) is 4.79 Å². The lowest BCUT2D eigenvalue weighted by molar-refractivity contribution is -0.116. The van der Waals surface area contributed by atoms with Crippen LogP contribution in [0.2, 0.25) is 0 Å². The second-order valence-corrected chi connectivity index (χ2v) is 6.62. The fourth-order valence-electron chi connectivity index (χ4n) is 2.33. The van der Waals surface area contributed by atoms with Gasteiger partial charge in [-0.3, -0.25) is 9.69 Å². The van der Waals surface area contributed by atoms with E-state index in [0.717, 1.165) is 18.8 Å². The summed E-state index contributed by atoms with van der Waals surface area (Å²) < 4.78 is 13.4. The first kappa shape index (κ1) is 15.3. The second kappa shape index (κ2) is 7.09. The molecule has 110 valence electrons. The van der Waals surface area contributed by atoms with E-state index in [1.165, 1.54) is 6.07 Å². The zero-order chi connectivity index (χ0) is 14.5. The molecule has 1 N–H and O–H groups in total. The summed E-state index contributed by atoms with van der Waals surface area (Å²) in [6.45, 7) is 6.17. The highest BCUT2D eigenvalue weighted by Crippen LogP contribution is 2.24. The molecule has 1 heterocycles. The summed E-state index contributed by atoms with van der Waals surface area (Å²) in [7, 11) is 0. The van der Waals surface area contributed by atoms with E-state index in [9.17, 15) is 9.18 Å². The van der Waals surface area contributed by atoms with E-state index in [1.54, 1.807) is 18.2 Å². The summed E-state index contributed by atoms with van der Waals surface area (Å²) in [5.41, 5.74) is 0.258. The van der Waals surface area contributed by atoms with Crippen molar-refractivity contribution in [1.82, 2.24) is 4.90 Å². The van der Waals surface area contributed by atoms with E-state index in [2.05, 4.69) is 24.1 Å². The maximum atomic E-state index is 13.4. The second-order valence-electron chi connectivity index (χ2n) is 5.13. The van der Waals surface area contributed by atoms with Gasteiger partial charge in [0.2, 0.25) is 5.91 Å². The number of rotatable bonds is 4. The van der Waals surface area contributed by atoms with Gasteiger partial charge in [-0.25, -0.2) is 4.39 Å². The Labute approximate surface area is 123 Å². The van der Waals surface area contributed by atoms with Gasteiger partial charge < -0.3 is 5.32 Å². The van der Waals surface area contributed by atoms with Crippen molar-refractivity contribution in [2.24, 2.45) is 0 Å². The van der Waals surface area contributed by atoms with E-state index in [4.69, 9.17) is 0 Å². The standard InChI is InChI=1S/C15H21FN2OS/c1-11-12(2)20-10-9-18(11)8-7-15(19)17-14-6-4-3-5-13(14)16/h3-6,11-12H,7-10H2,1-2H3,(H,17,19). The Morgan fingerprint density at radius 1 is 1.45 bits per heavy atom. The summed E-state index contributed by atoms with van der Waals surface area (Å²) in [6, 6.07) is 6.73. The summed E-state index contributed by atoms with van der Waals surface area (Å²) in [4.78, 5) is 14.2. The number of hydrogen-bond donors (Lipinski definition) is 1. The molecule has 0 aliphatic carbocycles. The lowest BCUT2D eigenvalue weighted by atomic mass is 10.2. The Kier molecular flexibility index (Phi) is 5.43. The predicted octanol–water partition coefficient (Wildman–Crippen LogP) is 2.98. The third-order valence-electron chi connectivity index (χ3n) is 3.79. The van der Waals surface area contributed by atoms with Crippen molar-refractivity contribution in [3.63, 3.8) is 0 Å². The van der Waals surface area contributed by atoms with Crippen LogP contribution >= 0.6 is 11.8 Å². The highest BCUT2D eigenvalue weighted by Gasteiger charge is 2.25. The molecule has 0 spiro atoms. The van der Waals surface area contributed by atoms with Gasteiger partial charge in [0.15, 0.2) is 0 Å². The van der Waals surface area contributed by atoms with Gasteiger partial charge in [-0.15, -0.1) is 0 Å². The minimum atomic E-state index is -0.391. The molecule has 2 atom stereocenters. The molecule has 1 aliphatic heterocycles. The maximum Gasteiger partial charge on any atom is 0.225 e. The molecule has 1 amide bonds. The van der Waals surface area contributed by atoms with Crippen LogP contribution in [0.4, 0.5) is 10.1 Å². The molecule has 1 saturated heterocycles. The van der Waals surface area contributed by atoms with E-state index >= 15 is 0 Å². The van der Waals surface area contributed by atoms with Crippen LogP contribution < -0.4 is 5.32 Å². The van der Waals surface area contributed by atoms with Gasteiger partial charge in [-0.2, -0.15) is 11.8 Å². The largest absolute Gasteiger partial charge is 0.324 e. The molecule has 0 bridgehead atoms. The van der Waals surface area contributed by atoms with Crippen LogP contribution in [0.3, 0.4) is 0 Å². The topological polar surface area (TPSA) is 32.3 Å². The minimum absolute atomic E-state index is 0.131. The number of thioether (sulfide) groups is 1. The Hall–Kier alpha value is -1.07. The SMILES string of the molecule is CC1SCCN(CCC(=O)Nc2ccccc2F)C1C. The summed E-state index contributed by atoms with van der Waals surface area (Å²) in [5, 5.41) is 3.23.